The number of hydrogen-bond acceptors (Lipinski definition) is 9. The van der Waals surface area contributed by atoms with Crippen molar-refractivity contribution in [3.8, 4) is 17.2 Å². The number of benzene rings is 2. The number of hydrogen-bond donors (Lipinski definition) is 0. The molecule has 184 valence electrons. The van der Waals surface area contributed by atoms with Crippen LogP contribution < -0.4 is 14.2 Å². The van der Waals surface area contributed by atoms with E-state index in [1.165, 1.54) is 56.0 Å². The Balaban J connectivity index is 1.77. The maximum Gasteiger partial charge on any atom is 0.338 e. The van der Waals surface area contributed by atoms with Crippen molar-refractivity contribution >= 4 is 21.8 Å². The molecule has 10 nitrogen and oxygen atoms in total. The zero-order valence-electron chi connectivity index (χ0n) is 19.5. The number of ketones is 1. The van der Waals surface area contributed by atoms with E-state index >= 15 is 0 Å². The highest BCUT2D eigenvalue weighted by Gasteiger charge is 2.28. The fraction of sp³-hybridized carbons (Fsp3) is 0.391. The van der Waals surface area contributed by atoms with Gasteiger partial charge in [0.15, 0.2) is 18.1 Å². The van der Waals surface area contributed by atoms with Crippen molar-refractivity contribution in [3.05, 3.63) is 47.0 Å². The second-order valence-electron chi connectivity index (χ2n) is 7.41. The maximum atomic E-state index is 12.9. The summed E-state index contributed by atoms with van der Waals surface area (Å²) < 4.78 is 53.3. The molecule has 1 heterocycles. The van der Waals surface area contributed by atoms with Gasteiger partial charge >= 0.3 is 5.97 Å². The molecule has 0 amide bonds. The fourth-order valence-electron chi connectivity index (χ4n) is 3.45. The summed E-state index contributed by atoms with van der Waals surface area (Å²) in [6, 6.07) is 7.16. The number of morpholine rings is 1. The number of carbonyl (C=O) groups excluding carboxylic acids is 2. The van der Waals surface area contributed by atoms with Crippen LogP contribution in [0.2, 0.25) is 0 Å². The van der Waals surface area contributed by atoms with Crippen LogP contribution in [0.3, 0.4) is 0 Å². The van der Waals surface area contributed by atoms with Gasteiger partial charge in [0.05, 0.1) is 45.0 Å². The van der Waals surface area contributed by atoms with E-state index < -0.39 is 28.4 Å². The monoisotopic (exact) mass is 493 g/mol. The van der Waals surface area contributed by atoms with Gasteiger partial charge in [-0.1, -0.05) is 6.07 Å². The van der Waals surface area contributed by atoms with E-state index in [0.29, 0.717) is 24.5 Å². The largest absolute Gasteiger partial charge is 0.493 e. The van der Waals surface area contributed by atoms with E-state index in [0.717, 1.165) is 0 Å². The summed E-state index contributed by atoms with van der Waals surface area (Å²) in [5.41, 5.74) is 0.779. The molecule has 34 heavy (non-hydrogen) atoms. The molecule has 0 aromatic heterocycles. The van der Waals surface area contributed by atoms with Gasteiger partial charge in [0.25, 0.3) is 0 Å². The average Bonchev–Trinajstić information content (AvgIpc) is 2.86. The maximum absolute atomic E-state index is 12.9. The van der Waals surface area contributed by atoms with Gasteiger partial charge < -0.3 is 23.7 Å². The molecule has 1 fully saturated rings. The third kappa shape index (κ3) is 5.32. The van der Waals surface area contributed by atoms with Crippen molar-refractivity contribution in [2.75, 3.05) is 54.2 Å². The predicted octanol–water partition coefficient (Wildman–Crippen LogP) is 2.08. The van der Waals surface area contributed by atoms with Crippen LogP contribution >= 0.6 is 0 Å². The fourth-order valence-corrected chi connectivity index (χ4v) is 4.89. The molecule has 1 aliphatic rings. The molecule has 0 unspecified atom stereocenters. The van der Waals surface area contributed by atoms with Crippen LogP contribution in [0.5, 0.6) is 17.2 Å². The van der Waals surface area contributed by atoms with Crippen molar-refractivity contribution in [3.63, 3.8) is 0 Å². The first kappa shape index (κ1) is 25.5. The molecule has 3 rings (SSSR count). The molecule has 0 radical (unpaired) electrons. The number of carbonyl (C=O) groups is 2. The Morgan fingerprint density at radius 1 is 0.971 bits per heavy atom. The molecular formula is C23H27NO9S. The zero-order chi connectivity index (χ0) is 24.9. The first-order valence-electron chi connectivity index (χ1n) is 10.4. The molecule has 11 heteroatoms. The molecule has 1 aliphatic heterocycles. The molecule has 0 atom stereocenters. The highest BCUT2D eigenvalue weighted by Crippen LogP contribution is 2.38. The number of Topliss-reactive ketones (excluding diaryl/α,β-unsaturated/α-hetero) is 1. The van der Waals surface area contributed by atoms with Gasteiger partial charge in [-0.15, -0.1) is 0 Å². The first-order chi connectivity index (χ1) is 16.2. The second kappa shape index (κ2) is 10.9. The summed E-state index contributed by atoms with van der Waals surface area (Å²) in [5, 5.41) is 0. The molecular weight excluding hydrogens is 466 g/mol. The predicted molar refractivity (Wildman–Crippen MR) is 121 cm³/mol. The van der Waals surface area contributed by atoms with Crippen LogP contribution in [0.25, 0.3) is 0 Å². The minimum atomic E-state index is -3.79. The van der Waals surface area contributed by atoms with Crippen molar-refractivity contribution < 1.29 is 41.7 Å². The lowest BCUT2D eigenvalue weighted by Crippen LogP contribution is -2.40. The van der Waals surface area contributed by atoms with Gasteiger partial charge in [-0.3, -0.25) is 4.79 Å². The zero-order valence-corrected chi connectivity index (χ0v) is 20.3. The van der Waals surface area contributed by atoms with Gasteiger partial charge in [0, 0.05) is 18.7 Å². The third-order valence-corrected chi connectivity index (χ3v) is 7.25. The van der Waals surface area contributed by atoms with Crippen LogP contribution in [0, 0.1) is 6.92 Å². The number of ether oxygens (including phenoxy) is 5. The van der Waals surface area contributed by atoms with Gasteiger partial charge in [-0.25, -0.2) is 13.2 Å². The number of aryl methyl sites for hydroxylation is 1. The Bertz CT molecular complexity index is 1150. The summed E-state index contributed by atoms with van der Waals surface area (Å²) in [5.74, 6) is -0.408. The number of methoxy groups -OCH3 is 3. The second-order valence-corrected chi connectivity index (χ2v) is 9.34. The van der Waals surface area contributed by atoms with Crippen LogP contribution in [0.4, 0.5) is 0 Å². The summed E-state index contributed by atoms with van der Waals surface area (Å²) in [6.45, 7) is 2.19. The Hall–Kier alpha value is -3.15. The lowest BCUT2D eigenvalue weighted by molar-refractivity contribution is 0.0473. The van der Waals surface area contributed by atoms with E-state index in [1.54, 1.807) is 6.92 Å². The van der Waals surface area contributed by atoms with Crippen molar-refractivity contribution in [2.24, 2.45) is 0 Å². The summed E-state index contributed by atoms with van der Waals surface area (Å²) in [7, 11) is 0.498. The molecule has 1 saturated heterocycles. The lowest BCUT2D eigenvalue weighted by Gasteiger charge is -2.26. The minimum Gasteiger partial charge on any atom is -0.493 e. The van der Waals surface area contributed by atoms with E-state index in [2.05, 4.69) is 0 Å². The standard InChI is InChI=1S/C23H27NO9S/c1-15-5-6-17(34(27,28)24-7-9-32-10-8-24)13-18(15)23(26)33-14-19(25)16-11-20(29-2)22(31-4)21(12-16)30-3/h5-6,11-13H,7-10,14H2,1-4H3. The normalized spacial score (nSPS) is 14.4. The quantitative estimate of drug-likeness (QED) is 0.382. The molecule has 2 aromatic carbocycles. The third-order valence-electron chi connectivity index (χ3n) is 5.36. The average molecular weight is 494 g/mol. The highest BCUT2D eigenvalue weighted by molar-refractivity contribution is 7.89. The molecule has 0 N–H and O–H groups in total. The van der Waals surface area contributed by atoms with Crippen LogP contribution in [0.15, 0.2) is 35.2 Å². The lowest BCUT2D eigenvalue weighted by atomic mass is 10.1. The number of sulfonamides is 1. The van der Waals surface area contributed by atoms with E-state index in [1.807, 2.05) is 0 Å². The Morgan fingerprint density at radius 3 is 2.15 bits per heavy atom. The van der Waals surface area contributed by atoms with Gasteiger partial charge in [-0.05, 0) is 36.8 Å². The van der Waals surface area contributed by atoms with Gasteiger partial charge in [0.1, 0.15) is 0 Å². The Labute approximate surface area is 198 Å². The van der Waals surface area contributed by atoms with Gasteiger partial charge in [0.2, 0.25) is 21.6 Å². The highest BCUT2D eigenvalue weighted by atomic mass is 32.2. The van der Waals surface area contributed by atoms with Crippen LogP contribution in [0.1, 0.15) is 26.3 Å². The topological polar surface area (TPSA) is 118 Å². The van der Waals surface area contributed by atoms with Crippen LogP contribution in [-0.2, 0) is 19.5 Å². The summed E-state index contributed by atoms with van der Waals surface area (Å²) in [4.78, 5) is 25.4. The van der Waals surface area contributed by atoms with Crippen molar-refractivity contribution in [1.29, 1.82) is 0 Å². The number of esters is 1. The van der Waals surface area contributed by atoms with E-state index in [4.69, 9.17) is 23.7 Å². The summed E-state index contributed by atoms with van der Waals surface area (Å²) >= 11 is 0. The van der Waals surface area contributed by atoms with E-state index in [-0.39, 0.29) is 40.6 Å². The Morgan fingerprint density at radius 2 is 1.59 bits per heavy atom. The van der Waals surface area contributed by atoms with E-state index in [9.17, 15) is 18.0 Å². The smallest absolute Gasteiger partial charge is 0.338 e. The first-order valence-corrected chi connectivity index (χ1v) is 11.9. The van der Waals surface area contributed by atoms with Crippen molar-refractivity contribution in [1.82, 2.24) is 4.31 Å². The van der Waals surface area contributed by atoms with Crippen molar-refractivity contribution in [2.45, 2.75) is 11.8 Å². The minimum absolute atomic E-state index is 0.0251. The summed E-state index contributed by atoms with van der Waals surface area (Å²) in [6.07, 6.45) is 0. The Kier molecular flexibility index (Phi) is 8.13. The molecule has 2 aromatic rings. The van der Waals surface area contributed by atoms with Gasteiger partial charge in [-0.2, -0.15) is 4.31 Å². The molecule has 0 bridgehead atoms. The number of rotatable bonds is 9. The van der Waals surface area contributed by atoms with Crippen LogP contribution in [-0.4, -0.2) is 78.7 Å². The molecule has 0 saturated carbocycles. The molecule has 0 spiro atoms. The SMILES string of the molecule is COc1cc(C(=O)COC(=O)c2cc(S(=O)(=O)N3CCOCC3)ccc2C)cc(OC)c1OC. The number of nitrogens with zero attached hydrogens (tertiary/aromatic N) is 1. The molecule has 0 aliphatic carbocycles.